The van der Waals surface area contributed by atoms with E-state index in [1.165, 1.54) is 23.1 Å². The number of para-hydroxylation sites is 1. The summed E-state index contributed by atoms with van der Waals surface area (Å²) in [6.45, 7) is 8.19. The molecule has 2 aromatic rings. The molecule has 0 fully saturated rings. The summed E-state index contributed by atoms with van der Waals surface area (Å²) < 4.78 is 5.69. The minimum Gasteiger partial charge on any atom is -0.466 e. The van der Waals surface area contributed by atoms with Crippen LogP contribution in [0.15, 0.2) is 34.0 Å². The minimum atomic E-state index is -0.295. The van der Waals surface area contributed by atoms with Crippen molar-refractivity contribution in [2.45, 2.75) is 49.6 Å². The molecule has 1 heterocycles. The first-order valence-corrected chi connectivity index (χ1v) is 10.3. The molecule has 26 heavy (non-hydrogen) atoms. The number of aromatic nitrogens is 1. The quantitative estimate of drug-likeness (QED) is 0.529. The molecule has 2 rings (SSSR count). The van der Waals surface area contributed by atoms with E-state index in [1.807, 2.05) is 36.6 Å². The van der Waals surface area contributed by atoms with E-state index >= 15 is 0 Å². The maximum Gasteiger partial charge on any atom is 0.311 e. The lowest BCUT2D eigenvalue weighted by Gasteiger charge is -2.15. The second-order valence-corrected chi connectivity index (χ2v) is 8.52. The number of carbonyl (C=O) groups excluding carboxylic acids is 2. The first kappa shape index (κ1) is 20.5. The lowest BCUT2D eigenvalue weighted by atomic mass is 10.0. The molecule has 0 radical (unpaired) electrons. The number of esters is 1. The van der Waals surface area contributed by atoms with Crippen molar-refractivity contribution in [3.63, 3.8) is 0 Å². The van der Waals surface area contributed by atoms with Crippen LogP contribution in [0.1, 0.15) is 44.9 Å². The van der Waals surface area contributed by atoms with Crippen molar-refractivity contribution in [2.75, 3.05) is 11.9 Å². The summed E-state index contributed by atoms with van der Waals surface area (Å²) in [5.74, 6) is -0.0190. The molecule has 0 saturated heterocycles. The van der Waals surface area contributed by atoms with Gasteiger partial charge in [-0.2, -0.15) is 0 Å². The number of amides is 1. The summed E-state index contributed by atoms with van der Waals surface area (Å²) in [4.78, 5) is 28.5. The van der Waals surface area contributed by atoms with Gasteiger partial charge in [0.1, 0.15) is 0 Å². The minimum absolute atomic E-state index is 0.0646. The molecule has 1 atom stereocenters. The summed E-state index contributed by atoms with van der Waals surface area (Å²) in [6.07, 6.45) is 0.160. The van der Waals surface area contributed by atoms with Crippen LogP contribution in [0.3, 0.4) is 0 Å². The Bertz CT molecular complexity index is 759. The van der Waals surface area contributed by atoms with Crippen LogP contribution >= 0.6 is 23.1 Å². The average molecular weight is 393 g/mol. The molecule has 0 unspecified atom stereocenters. The monoisotopic (exact) mass is 392 g/mol. The normalized spacial score (nSPS) is 12.0. The molecule has 1 aromatic carbocycles. The summed E-state index contributed by atoms with van der Waals surface area (Å²) in [5.41, 5.74) is 2.64. The highest BCUT2D eigenvalue weighted by molar-refractivity contribution is 8.02. The SMILES string of the molecule is CCOC(=O)Cc1csc(S[C@H](C)C(=O)Nc2ccccc2C(C)C)n1. The third-order valence-electron chi connectivity index (χ3n) is 3.65. The summed E-state index contributed by atoms with van der Waals surface area (Å²) >= 11 is 2.82. The van der Waals surface area contributed by atoms with E-state index in [0.29, 0.717) is 18.2 Å². The second-order valence-electron chi connectivity index (χ2n) is 6.08. The van der Waals surface area contributed by atoms with Gasteiger partial charge < -0.3 is 10.1 Å². The molecule has 0 aliphatic rings. The van der Waals surface area contributed by atoms with Gasteiger partial charge >= 0.3 is 5.97 Å². The van der Waals surface area contributed by atoms with Gasteiger partial charge in [-0.15, -0.1) is 11.3 Å². The number of thioether (sulfide) groups is 1. The van der Waals surface area contributed by atoms with Crippen LogP contribution in [0.2, 0.25) is 0 Å². The van der Waals surface area contributed by atoms with Crippen LogP contribution < -0.4 is 5.32 Å². The maximum atomic E-state index is 12.5. The Morgan fingerprint density at radius 1 is 1.27 bits per heavy atom. The summed E-state index contributed by atoms with van der Waals surface area (Å²) in [6, 6.07) is 7.84. The first-order valence-electron chi connectivity index (χ1n) is 8.57. The van der Waals surface area contributed by atoms with Gasteiger partial charge in [0, 0.05) is 11.1 Å². The average Bonchev–Trinajstić information content (AvgIpc) is 3.02. The Morgan fingerprint density at radius 2 is 2.00 bits per heavy atom. The highest BCUT2D eigenvalue weighted by Crippen LogP contribution is 2.29. The molecule has 7 heteroatoms. The number of anilines is 1. The molecule has 140 valence electrons. The molecule has 0 spiro atoms. The van der Waals surface area contributed by atoms with Crippen molar-refractivity contribution >= 4 is 40.7 Å². The zero-order chi connectivity index (χ0) is 19.1. The molecular formula is C19H24N2O3S2. The van der Waals surface area contributed by atoms with Gasteiger partial charge in [0.05, 0.1) is 24.0 Å². The predicted octanol–water partition coefficient (Wildman–Crippen LogP) is 4.49. The predicted molar refractivity (Wildman–Crippen MR) is 107 cm³/mol. The number of hydrogen-bond donors (Lipinski definition) is 1. The van der Waals surface area contributed by atoms with Crippen molar-refractivity contribution in [3.05, 3.63) is 40.9 Å². The molecular weight excluding hydrogens is 368 g/mol. The number of nitrogens with zero attached hydrogens (tertiary/aromatic N) is 1. The van der Waals surface area contributed by atoms with Crippen LogP contribution in [0, 0.1) is 0 Å². The fourth-order valence-corrected chi connectivity index (χ4v) is 4.32. The molecule has 0 bridgehead atoms. The number of thiazole rings is 1. The molecule has 1 aromatic heterocycles. The second kappa shape index (κ2) is 9.73. The number of hydrogen-bond acceptors (Lipinski definition) is 6. The van der Waals surface area contributed by atoms with Gasteiger partial charge in [-0.05, 0) is 31.4 Å². The van der Waals surface area contributed by atoms with E-state index in [1.54, 1.807) is 6.92 Å². The fraction of sp³-hybridized carbons (Fsp3) is 0.421. The topological polar surface area (TPSA) is 68.3 Å². The van der Waals surface area contributed by atoms with Crippen molar-refractivity contribution in [2.24, 2.45) is 0 Å². The fourth-order valence-electron chi connectivity index (χ4n) is 2.34. The van der Waals surface area contributed by atoms with Gasteiger partial charge in [-0.25, -0.2) is 4.98 Å². The Hall–Kier alpha value is -1.86. The number of carbonyl (C=O) groups is 2. The van der Waals surface area contributed by atoms with Gasteiger partial charge in [0.2, 0.25) is 5.91 Å². The van der Waals surface area contributed by atoms with E-state index in [-0.39, 0.29) is 23.5 Å². The lowest BCUT2D eigenvalue weighted by Crippen LogP contribution is -2.23. The zero-order valence-corrected chi connectivity index (χ0v) is 17.1. The Balaban J connectivity index is 1.95. The molecule has 1 amide bonds. The Morgan fingerprint density at radius 3 is 2.69 bits per heavy atom. The summed E-state index contributed by atoms with van der Waals surface area (Å²) in [5, 5.41) is 4.55. The van der Waals surface area contributed by atoms with E-state index in [4.69, 9.17) is 4.74 Å². The van der Waals surface area contributed by atoms with Crippen molar-refractivity contribution < 1.29 is 14.3 Å². The molecule has 0 aliphatic heterocycles. The van der Waals surface area contributed by atoms with Gasteiger partial charge in [-0.1, -0.05) is 43.8 Å². The standard InChI is InChI=1S/C19H24N2O3S2/c1-5-24-17(22)10-14-11-25-19(20-14)26-13(4)18(23)21-16-9-7-6-8-15(16)12(2)3/h6-9,11-13H,5,10H2,1-4H3,(H,21,23)/t13-/m1/s1. The van der Waals surface area contributed by atoms with E-state index in [2.05, 4.69) is 24.1 Å². The third kappa shape index (κ3) is 5.85. The van der Waals surface area contributed by atoms with Crippen LogP contribution in [0.5, 0.6) is 0 Å². The first-order chi connectivity index (χ1) is 12.4. The van der Waals surface area contributed by atoms with Gasteiger partial charge in [0.25, 0.3) is 0 Å². The Kier molecular flexibility index (Phi) is 7.66. The lowest BCUT2D eigenvalue weighted by molar-refractivity contribution is -0.142. The molecule has 0 aliphatic carbocycles. The molecule has 5 nitrogen and oxygen atoms in total. The number of rotatable bonds is 8. The Labute approximate surface area is 162 Å². The number of benzene rings is 1. The molecule has 1 N–H and O–H groups in total. The van der Waals surface area contributed by atoms with Crippen molar-refractivity contribution in [1.82, 2.24) is 4.98 Å². The van der Waals surface area contributed by atoms with Gasteiger partial charge in [-0.3, -0.25) is 9.59 Å². The largest absolute Gasteiger partial charge is 0.466 e. The van der Waals surface area contributed by atoms with Crippen molar-refractivity contribution in [1.29, 1.82) is 0 Å². The van der Waals surface area contributed by atoms with Crippen molar-refractivity contribution in [3.8, 4) is 0 Å². The van der Waals surface area contributed by atoms with E-state index in [9.17, 15) is 9.59 Å². The van der Waals surface area contributed by atoms with Crippen LogP contribution in [0.25, 0.3) is 0 Å². The number of nitrogens with one attached hydrogen (secondary N) is 1. The maximum absolute atomic E-state index is 12.5. The highest BCUT2D eigenvalue weighted by atomic mass is 32.2. The van der Waals surface area contributed by atoms with E-state index in [0.717, 1.165) is 15.6 Å². The number of ether oxygens (including phenoxy) is 1. The zero-order valence-electron chi connectivity index (χ0n) is 15.4. The summed E-state index contributed by atoms with van der Waals surface area (Å²) in [7, 11) is 0. The van der Waals surface area contributed by atoms with Crippen LogP contribution in [0.4, 0.5) is 5.69 Å². The van der Waals surface area contributed by atoms with Crippen LogP contribution in [-0.4, -0.2) is 28.7 Å². The molecule has 0 saturated carbocycles. The third-order valence-corrected chi connectivity index (χ3v) is 5.77. The van der Waals surface area contributed by atoms with Crippen LogP contribution in [-0.2, 0) is 20.7 Å². The highest BCUT2D eigenvalue weighted by Gasteiger charge is 2.19. The van der Waals surface area contributed by atoms with Gasteiger partial charge in [0.15, 0.2) is 4.34 Å². The smallest absolute Gasteiger partial charge is 0.311 e. The van der Waals surface area contributed by atoms with E-state index < -0.39 is 0 Å².